The Bertz CT molecular complexity index is 987. The molecule has 0 bridgehead atoms. The van der Waals surface area contributed by atoms with E-state index in [0.29, 0.717) is 22.6 Å². The van der Waals surface area contributed by atoms with E-state index in [4.69, 9.17) is 22.9 Å². The lowest BCUT2D eigenvalue weighted by Gasteiger charge is -2.09. The van der Waals surface area contributed by atoms with Crippen molar-refractivity contribution in [2.45, 2.75) is 6.92 Å². The van der Waals surface area contributed by atoms with Crippen molar-refractivity contribution >= 4 is 40.9 Å². The van der Waals surface area contributed by atoms with Gasteiger partial charge in [0.15, 0.2) is 0 Å². The highest BCUT2D eigenvalue weighted by atomic mass is 16.2. The van der Waals surface area contributed by atoms with Gasteiger partial charge < -0.3 is 33.6 Å². The number of urea groups is 1. The van der Waals surface area contributed by atoms with Crippen LogP contribution in [-0.4, -0.2) is 29.6 Å². The molecule has 156 valence electrons. The van der Waals surface area contributed by atoms with Crippen LogP contribution in [0.1, 0.15) is 22.8 Å². The first-order chi connectivity index (χ1) is 14.2. The molecule has 0 heterocycles. The van der Waals surface area contributed by atoms with Gasteiger partial charge in [0.25, 0.3) is 5.91 Å². The van der Waals surface area contributed by atoms with Gasteiger partial charge in [0.2, 0.25) is 11.9 Å². The molecule has 3 amide bonds. The largest absolute Gasteiger partial charge is 0.369 e. The minimum absolute atomic E-state index is 0.133. The third-order valence-electron chi connectivity index (χ3n) is 3.57. The van der Waals surface area contributed by atoms with Crippen molar-refractivity contribution in [3.63, 3.8) is 0 Å². The van der Waals surface area contributed by atoms with Crippen molar-refractivity contribution in [2.24, 2.45) is 38.2 Å². The molecule has 0 spiro atoms. The van der Waals surface area contributed by atoms with Gasteiger partial charge in [-0.15, -0.1) is 10.2 Å². The third-order valence-corrected chi connectivity index (χ3v) is 3.57. The van der Waals surface area contributed by atoms with Crippen LogP contribution < -0.4 is 39.0 Å². The van der Waals surface area contributed by atoms with Gasteiger partial charge >= 0.3 is 6.03 Å². The summed E-state index contributed by atoms with van der Waals surface area (Å²) in [6, 6.07) is 12.7. The first-order valence-electron chi connectivity index (χ1n) is 8.55. The molecule has 2 aromatic carbocycles. The summed E-state index contributed by atoms with van der Waals surface area (Å²) in [6.45, 7) is 1.75. The summed E-state index contributed by atoms with van der Waals surface area (Å²) in [6.07, 6.45) is 0. The molecule has 12 nitrogen and oxygen atoms in total. The van der Waals surface area contributed by atoms with Gasteiger partial charge in [-0.2, -0.15) is 5.10 Å². The molecule has 0 fully saturated rings. The van der Waals surface area contributed by atoms with Crippen molar-refractivity contribution in [2.75, 3.05) is 10.6 Å². The Labute approximate surface area is 172 Å². The number of rotatable bonds is 6. The summed E-state index contributed by atoms with van der Waals surface area (Å²) in [4.78, 5) is 24.0. The van der Waals surface area contributed by atoms with Crippen LogP contribution in [0.15, 0.2) is 63.8 Å². The van der Waals surface area contributed by atoms with E-state index < -0.39 is 11.9 Å². The molecule has 12 heteroatoms. The molecule has 11 N–H and O–H groups in total. The maximum atomic E-state index is 12.2. The number of hydrogen-bond acceptors (Lipinski definition) is 5. The quantitative estimate of drug-likeness (QED) is 0.201. The van der Waals surface area contributed by atoms with Gasteiger partial charge in [0, 0.05) is 16.9 Å². The molecular formula is C18H22N10O2. The zero-order valence-electron chi connectivity index (χ0n) is 16.1. The molecule has 0 saturated heterocycles. The number of hydrazone groups is 1. The number of hydrogen-bond donors (Lipinski definition) is 7. The highest BCUT2D eigenvalue weighted by Crippen LogP contribution is 2.13. The van der Waals surface area contributed by atoms with Gasteiger partial charge in [-0.25, -0.2) is 10.2 Å². The Hall–Kier alpha value is -4.61. The Morgan fingerprint density at radius 2 is 1.23 bits per heavy atom. The molecule has 0 aliphatic rings. The topological polar surface area (TPSA) is 211 Å². The van der Waals surface area contributed by atoms with Crippen LogP contribution in [0.25, 0.3) is 0 Å². The van der Waals surface area contributed by atoms with Crippen LogP contribution in [0.5, 0.6) is 0 Å². The maximum absolute atomic E-state index is 12.2. The van der Waals surface area contributed by atoms with E-state index in [1.165, 1.54) is 12.1 Å². The Balaban J connectivity index is 1.94. The van der Waals surface area contributed by atoms with Crippen LogP contribution in [0.3, 0.4) is 0 Å². The average molecular weight is 410 g/mol. The van der Waals surface area contributed by atoms with Crippen molar-refractivity contribution < 1.29 is 9.59 Å². The number of guanidine groups is 2. The zero-order valence-corrected chi connectivity index (χ0v) is 16.1. The number of carbonyl (C=O) groups is 2. The fourth-order valence-electron chi connectivity index (χ4n) is 2.16. The van der Waals surface area contributed by atoms with E-state index in [9.17, 15) is 9.59 Å². The standard InChI is InChI=1S/C18H22N10O2/c1-10(25-27-16(19)20)11-2-6-13(7-3-11)23-18(30)24-14-8-4-12(5-9-14)15(29)26-28-17(21)22/h2-9H,1H3,(H,26,29)(H4,19,20,27)(H4,21,22,28)(H2,23,24,30)/b25-10+. The number of benzene rings is 2. The summed E-state index contributed by atoms with van der Waals surface area (Å²) in [5.41, 5.74) is 25.7. The van der Waals surface area contributed by atoms with Crippen molar-refractivity contribution in [3.05, 3.63) is 59.7 Å². The van der Waals surface area contributed by atoms with E-state index >= 15 is 0 Å². The second-order valence-corrected chi connectivity index (χ2v) is 5.92. The third kappa shape index (κ3) is 6.84. The zero-order chi connectivity index (χ0) is 22.1. The minimum atomic E-state index is -0.488. The highest BCUT2D eigenvalue weighted by molar-refractivity contribution is 6.02. The average Bonchev–Trinajstić information content (AvgIpc) is 2.71. The summed E-state index contributed by atoms with van der Waals surface area (Å²) in [5.74, 6) is -0.882. The lowest BCUT2D eigenvalue weighted by molar-refractivity contribution is 0.0954. The molecule has 0 atom stereocenters. The molecule has 2 rings (SSSR count). The van der Waals surface area contributed by atoms with Crippen LogP contribution in [0.4, 0.5) is 16.2 Å². The van der Waals surface area contributed by atoms with Crippen molar-refractivity contribution in [1.82, 2.24) is 5.43 Å². The normalized spacial score (nSPS) is 10.5. The number of carbonyl (C=O) groups excluding carboxylic acids is 2. The summed E-state index contributed by atoms with van der Waals surface area (Å²) >= 11 is 0. The highest BCUT2D eigenvalue weighted by Gasteiger charge is 2.07. The Morgan fingerprint density at radius 3 is 1.70 bits per heavy atom. The second-order valence-electron chi connectivity index (χ2n) is 5.92. The summed E-state index contributed by atoms with van der Waals surface area (Å²) in [5, 5.41) is 16.3. The van der Waals surface area contributed by atoms with Crippen molar-refractivity contribution in [1.29, 1.82) is 0 Å². The van der Waals surface area contributed by atoms with Gasteiger partial charge in [-0.3, -0.25) is 4.79 Å². The van der Waals surface area contributed by atoms with Crippen molar-refractivity contribution in [3.8, 4) is 0 Å². The van der Waals surface area contributed by atoms with E-state index in [1.54, 1.807) is 43.3 Å². The second kappa shape index (κ2) is 10.1. The molecule has 0 saturated carbocycles. The lowest BCUT2D eigenvalue weighted by Crippen LogP contribution is -2.29. The molecule has 0 aliphatic heterocycles. The Morgan fingerprint density at radius 1 is 0.733 bits per heavy atom. The lowest BCUT2D eigenvalue weighted by atomic mass is 10.1. The number of nitrogens with one attached hydrogen (secondary N) is 3. The molecule has 0 aliphatic carbocycles. The molecule has 0 radical (unpaired) electrons. The number of anilines is 2. The SMILES string of the molecule is C/C(=N\N=C(N)N)c1ccc(NC(=O)Nc2ccc(C(=O)NN=C(N)N)cc2)cc1. The van der Waals surface area contributed by atoms with Gasteiger partial charge in [-0.1, -0.05) is 12.1 Å². The fourth-order valence-corrected chi connectivity index (χ4v) is 2.16. The van der Waals surface area contributed by atoms with Gasteiger partial charge in [-0.05, 0) is 48.9 Å². The molecule has 30 heavy (non-hydrogen) atoms. The van der Waals surface area contributed by atoms with Crippen LogP contribution in [0.2, 0.25) is 0 Å². The van der Waals surface area contributed by atoms with Crippen LogP contribution >= 0.6 is 0 Å². The fraction of sp³-hybridized carbons (Fsp3) is 0.0556. The number of nitrogens with zero attached hydrogens (tertiary/aromatic N) is 3. The minimum Gasteiger partial charge on any atom is -0.369 e. The predicted molar refractivity (Wildman–Crippen MR) is 117 cm³/mol. The van der Waals surface area contributed by atoms with E-state index in [0.717, 1.165) is 5.56 Å². The maximum Gasteiger partial charge on any atom is 0.323 e. The van der Waals surface area contributed by atoms with E-state index in [2.05, 4.69) is 31.4 Å². The predicted octanol–water partition coefficient (Wildman–Crippen LogP) is 0.246. The van der Waals surface area contributed by atoms with E-state index in [-0.39, 0.29) is 11.9 Å². The van der Waals surface area contributed by atoms with Gasteiger partial charge in [0.1, 0.15) is 0 Å². The summed E-state index contributed by atoms with van der Waals surface area (Å²) in [7, 11) is 0. The first-order valence-corrected chi connectivity index (χ1v) is 8.55. The number of amides is 3. The summed E-state index contributed by atoms with van der Waals surface area (Å²) < 4.78 is 0. The van der Waals surface area contributed by atoms with Crippen LogP contribution in [-0.2, 0) is 0 Å². The molecule has 0 unspecified atom stereocenters. The molecule has 0 aromatic heterocycles. The monoisotopic (exact) mass is 410 g/mol. The first kappa shape index (κ1) is 21.7. The van der Waals surface area contributed by atoms with Crippen LogP contribution in [0, 0.1) is 0 Å². The number of nitrogens with two attached hydrogens (primary N) is 4. The molecule has 2 aromatic rings. The smallest absolute Gasteiger partial charge is 0.323 e. The molecular weight excluding hydrogens is 388 g/mol. The van der Waals surface area contributed by atoms with Gasteiger partial charge in [0.05, 0.1) is 5.71 Å². The Kier molecular flexibility index (Phi) is 7.28. The van der Waals surface area contributed by atoms with E-state index in [1.807, 2.05) is 0 Å².